The number of benzene rings is 2. The molecule has 0 amide bonds. The summed E-state index contributed by atoms with van der Waals surface area (Å²) in [7, 11) is -2.68. The molecule has 6 heteroatoms. The third-order valence-electron chi connectivity index (χ3n) is 5.88. The topological polar surface area (TPSA) is 68.2 Å². The first-order chi connectivity index (χ1) is 14.6. The van der Waals surface area contributed by atoms with Crippen molar-refractivity contribution in [3.63, 3.8) is 0 Å². The second kappa shape index (κ2) is 9.53. The Bertz CT molecular complexity index is 774. The highest BCUT2D eigenvalue weighted by molar-refractivity contribution is 6.99. The zero-order valence-electron chi connectivity index (χ0n) is 19.2. The van der Waals surface area contributed by atoms with Gasteiger partial charge in [-0.25, -0.2) is 0 Å². The molecule has 1 fully saturated rings. The maximum absolute atomic E-state index is 10.00. The van der Waals surface area contributed by atoms with E-state index in [0.29, 0.717) is 13.0 Å². The molecule has 1 heterocycles. The van der Waals surface area contributed by atoms with Crippen LogP contribution >= 0.6 is 0 Å². The molecule has 1 aliphatic rings. The summed E-state index contributed by atoms with van der Waals surface area (Å²) < 4.78 is 18.6. The van der Waals surface area contributed by atoms with E-state index < -0.39 is 20.4 Å². The van der Waals surface area contributed by atoms with Gasteiger partial charge in [-0.2, -0.15) is 0 Å². The Labute approximate surface area is 187 Å². The number of rotatable bonds is 8. The van der Waals surface area contributed by atoms with Crippen LogP contribution in [0.5, 0.6) is 0 Å². The Hall–Kier alpha value is -1.54. The van der Waals surface area contributed by atoms with Crippen LogP contribution in [-0.2, 0) is 13.9 Å². The van der Waals surface area contributed by atoms with Gasteiger partial charge in [-0.1, -0.05) is 81.4 Å². The molecule has 0 radical (unpaired) electrons. The molecule has 0 spiro atoms. The molecule has 2 N–H and O–H groups in total. The van der Waals surface area contributed by atoms with Crippen LogP contribution in [0, 0.1) is 5.92 Å². The minimum absolute atomic E-state index is 0.0134. The van der Waals surface area contributed by atoms with Crippen LogP contribution < -0.4 is 10.4 Å². The second-order valence-electron chi connectivity index (χ2n) is 9.82. The standard InChI is InChI=1S/C25H36O5Si/c1-24(2,3)31(20-12-8-6-9-13-20,21-14-10-7-11-15-21)28-18-22-19(17-26)16-23(29-22)30-25(4,5)27/h6-15,19,22-23,26-27H,16-18H2,1-5H3. The highest BCUT2D eigenvalue weighted by Gasteiger charge is 2.51. The van der Waals surface area contributed by atoms with Crippen LogP contribution in [0.25, 0.3) is 0 Å². The summed E-state index contributed by atoms with van der Waals surface area (Å²) in [4.78, 5) is 0. The minimum Gasteiger partial charge on any atom is -0.405 e. The van der Waals surface area contributed by atoms with E-state index in [2.05, 4.69) is 69.3 Å². The van der Waals surface area contributed by atoms with Gasteiger partial charge < -0.3 is 24.1 Å². The monoisotopic (exact) mass is 444 g/mol. The van der Waals surface area contributed by atoms with Gasteiger partial charge in [-0.05, 0) is 29.3 Å². The number of aliphatic hydroxyl groups excluding tert-OH is 1. The summed E-state index contributed by atoms with van der Waals surface area (Å²) in [6, 6.07) is 20.9. The van der Waals surface area contributed by atoms with Crippen LogP contribution in [0.1, 0.15) is 41.0 Å². The molecule has 5 nitrogen and oxygen atoms in total. The van der Waals surface area contributed by atoms with E-state index in [-0.39, 0.29) is 23.7 Å². The van der Waals surface area contributed by atoms with E-state index in [0.717, 1.165) is 0 Å². The van der Waals surface area contributed by atoms with Crippen LogP contribution in [0.15, 0.2) is 60.7 Å². The van der Waals surface area contributed by atoms with Gasteiger partial charge in [0.1, 0.15) is 0 Å². The van der Waals surface area contributed by atoms with Crippen molar-refractivity contribution in [2.45, 2.75) is 64.3 Å². The second-order valence-corrected chi connectivity index (χ2v) is 14.1. The van der Waals surface area contributed by atoms with Crippen molar-refractivity contribution in [2.24, 2.45) is 5.92 Å². The Morgan fingerprint density at radius 2 is 1.45 bits per heavy atom. The van der Waals surface area contributed by atoms with Gasteiger partial charge in [-0.3, -0.25) is 0 Å². The van der Waals surface area contributed by atoms with E-state index in [1.165, 1.54) is 10.4 Å². The third kappa shape index (κ3) is 5.45. The molecule has 2 aromatic rings. The fraction of sp³-hybridized carbons (Fsp3) is 0.520. The molecule has 0 saturated carbocycles. The largest absolute Gasteiger partial charge is 0.405 e. The normalized spacial score (nSPS) is 22.6. The van der Waals surface area contributed by atoms with E-state index in [9.17, 15) is 10.2 Å². The number of ether oxygens (including phenoxy) is 2. The highest BCUT2D eigenvalue weighted by atomic mass is 28.4. The summed E-state index contributed by atoms with van der Waals surface area (Å²) in [6.07, 6.45) is -0.348. The van der Waals surface area contributed by atoms with Crippen molar-refractivity contribution in [3.8, 4) is 0 Å². The Balaban J connectivity index is 1.93. The molecule has 3 rings (SSSR count). The van der Waals surface area contributed by atoms with Gasteiger partial charge >= 0.3 is 0 Å². The van der Waals surface area contributed by atoms with Crippen LogP contribution in [-0.4, -0.2) is 49.9 Å². The van der Waals surface area contributed by atoms with Crippen LogP contribution in [0.3, 0.4) is 0 Å². The molecule has 31 heavy (non-hydrogen) atoms. The zero-order chi connectivity index (χ0) is 22.7. The van der Waals surface area contributed by atoms with E-state index >= 15 is 0 Å². The zero-order valence-corrected chi connectivity index (χ0v) is 20.2. The average Bonchev–Trinajstić information content (AvgIpc) is 3.09. The Morgan fingerprint density at radius 1 is 0.935 bits per heavy atom. The lowest BCUT2D eigenvalue weighted by Crippen LogP contribution is -2.67. The van der Waals surface area contributed by atoms with Crippen molar-refractivity contribution >= 4 is 18.7 Å². The molecule has 1 aliphatic heterocycles. The van der Waals surface area contributed by atoms with E-state index in [1.54, 1.807) is 13.8 Å². The van der Waals surface area contributed by atoms with Crippen LogP contribution in [0.4, 0.5) is 0 Å². The highest BCUT2D eigenvalue weighted by Crippen LogP contribution is 2.38. The molecule has 0 bridgehead atoms. The molecule has 3 atom stereocenters. The smallest absolute Gasteiger partial charge is 0.261 e. The molecule has 170 valence electrons. The third-order valence-corrected chi connectivity index (χ3v) is 10.9. The predicted octanol–water partition coefficient (Wildman–Crippen LogP) is 3.03. The van der Waals surface area contributed by atoms with Crippen molar-refractivity contribution in [1.82, 2.24) is 0 Å². The van der Waals surface area contributed by atoms with Gasteiger partial charge in [-0.15, -0.1) is 0 Å². The van der Waals surface area contributed by atoms with Gasteiger partial charge in [0.2, 0.25) is 0 Å². The molecule has 0 aliphatic carbocycles. The first-order valence-electron chi connectivity index (χ1n) is 11.0. The van der Waals surface area contributed by atoms with Gasteiger partial charge in [0, 0.05) is 18.9 Å². The number of hydrogen-bond acceptors (Lipinski definition) is 5. The summed E-state index contributed by atoms with van der Waals surface area (Å²) in [6.45, 7) is 10.2. The molecule has 0 aromatic heterocycles. The predicted molar refractivity (Wildman–Crippen MR) is 125 cm³/mol. The van der Waals surface area contributed by atoms with Gasteiger partial charge in [0.05, 0.1) is 12.7 Å². The molecule has 3 unspecified atom stereocenters. The van der Waals surface area contributed by atoms with Crippen molar-refractivity contribution in [3.05, 3.63) is 60.7 Å². The molecular weight excluding hydrogens is 408 g/mol. The lowest BCUT2D eigenvalue weighted by molar-refractivity contribution is -0.269. The maximum Gasteiger partial charge on any atom is 0.261 e. The average molecular weight is 445 g/mol. The number of aliphatic hydroxyl groups is 2. The molecule has 1 saturated heterocycles. The Morgan fingerprint density at radius 3 is 1.87 bits per heavy atom. The quantitative estimate of drug-likeness (QED) is 0.484. The fourth-order valence-electron chi connectivity index (χ4n) is 4.49. The van der Waals surface area contributed by atoms with Gasteiger partial charge in [0.15, 0.2) is 12.1 Å². The summed E-state index contributed by atoms with van der Waals surface area (Å²) >= 11 is 0. The van der Waals surface area contributed by atoms with Crippen molar-refractivity contribution < 1.29 is 24.1 Å². The Kier molecular flexibility index (Phi) is 7.41. The minimum atomic E-state index is -2.68. The van der Waals surface area contributed by atoms with Crippen molar-refractivity contribution in [2.75, 3.05) is 13.2 Å². The first-order valence-corrected chi connectivity index (χ1v) is 12.9. The van der Waals surface area contributed by atoms with E-state index in [4.69, 9.17) is 13.9 Å². The lowest BCUT2D eigenvalue weighted by atomic mass is 10.0. The van der Waals surface area contributed by atoms with Crippen molar-refractivity contribution in [1.29, 1.82) is 0 Å². The van der Waals surface area contributed by atoms with E-state index in [1.807, 2.05) is 12.1 Å². The fourth-order valence-corrected chi connectivity index (χ4v) is 9.06. The first kappa shape index (κ1) is 24.1. The molecular formula is C25H36O5Si. The maximum atomic E-state index is 10.00. The summed E-state index contributed by atoms with van der Waals surface area (Å²) in [5.41, 5.74) is 0. The summed E-state index contributed by atoms with van der Waals surface area (Å²) in [5.74, 6) is -1.40. The molecule has 2 aromatic carbocycles. The van der Waals surface area contributed by atoms with Gasteiger partial charge in [0.25, 0.3) is 8.32 Å². The SMILES string of the molecule is CC(C)(O)OC1CC(CO)C(CO[Si](c2ccccc2)(c2ccccc2)C(C)(C)C)O1. The van der Waals surface area contributed by atoms with Crippen LogP contribution in [0.2, 0.25) is 5.04 Å². The summed E-state index contributed by atoms with van der Waals surface area (Å²) in [5, 5.41) is 22.2. The lowest BCUT2D eigenvalue weighted by Gasteiger charge is -2.43. The number of hydrogen-bond donors (Lipinski definition) is 2.